The van der Waals surface area contributed by atoms with Gasteiger partial charge in [-0.1, -0.05) is 17.7 Å². The number of carbonyl (C=O) groups excluding carboxylic acids is 1. The zero-order chi connectivity index (χ0) is 17.6. The van der Waals surface area contributed by atoms with E-state index >= 15 is 0 Å². The first-order chi connectivity index (χ1) is 12.0. The van der Waals surface area contributed by atoms with Crippen LogP contribution < -0.4 is 10.9 Å². The normalized spacial score (nSPS) is 15.9. The zero-order valence-electron chi connectivity index (χ0n) is 13.4. The van der Waals surface area contributed by atoms with Crippen molar-refractivity contribution in [2.45, 2.75) is 19.6 Å². The summed E-state index contributed by atoms with van der Waals surface area (Å²) in [6, 6.07) is 12.7. The summed E-state index contributed by atoms with van der Waals surface area (Å²) in [6.07, 6.45) is -0.218. The molecule has 2 aromatic carbocycles. The first kappa shape index (κ1) is 15.7. The van der Waals surface area contributed by atoms with Gasteiger partial charge in [0.15, 0.2) is 0 Å². The molecule has 2 N–H and O–H groups in total. The Hall–Kier alpha value is -2.79. The lowest BCUT2D eigenvalue weighted by molar-refractivity contribution is 0.0422. The second kappa shape index (κ2) is 5.93. The Bertz CT molecular complexity index is 1060. The number of ether oxygens (including phenoxy) is 1. The van der Waals surface area contributed by atoms with Crippen LogP contribution in [0.2, 0.25) is 5.02 Å². The van der Waals surface area contributed by atoms with E-state index in [1.165, 1.54) is 0 Å². The number of hydrogen-bond acceptors (Lipinski definition) is 4. The Labute approximate surface area is 148 Å². The highest BCUT2D eigenvalue weighted by Crippen LogP contribution is 2.31. The standard InChI is InChI=1S/C19H15ClN2O3/c1-10-15-4-3-14(8-16(15)19(24)25-10)21-9-12-6-11-7-13(20)2-5-17(11)22-18(12)23/h2-8,10,21H,9H2,1H3,(H,22,23)/t10-/m1/s1. The van der Waals surface area contributed by atoms with Crippen molar-refractivity contribution in [1.29, 1.82) is 0 Å². The number of fused-ring (bicyclic) bond motifs is 2. The van der Waals surface area contributed by atoms with Crippen LogP contribution in [0.4, 0.5) is 5.69 Å². The number of pyridine rings is 1. The minimum Gasteiger partial charge on any atom is -0.454 e. The molecule has 0 fully saturated rings. The second-order valence-electron chi connectivity index (χ2n) is 6.06. The van der Waals surface area contributed by atoms with Gasteiger partial charge in [-0.3, -0.25) is 4.79 Å². The molecule has 0 spiro atoms. The Morgan fingerprint density at radius 2 is 2.00 bits per heavy atom. The van der Waals surface area contributed by atoms with E-state index in [0.717, 1.165) is 22.2 Å². The molecule has 0 bridgehead atoms. The second-order valence-corrected chi connectivity index (χ2v) is 6.49. The lowest BCUT2D eigenvalue weighted by Crippen LogP contribution is -2.15. The number of benzene rings is 2. The van der Waals surface area contributed by atoms with Crippen LogP contribution in [0, 0.1) is 0 Å². The number of anilines is 1. The number of cyclic esters (lactones) is 1. The van der Waals surface area contributed by atoms with E-state index in [4.69, 9.17) is 16.3 Å². The number of H-pyrrole nitrogens is 1. The van der Waals surface area contributed by atoms with Gasteiger partial charge in [-0.25, -0.2) is 4.79 Å². The molecule has 0 radical (unpaired) electrons. The monoisotopic (exact) mass is 354 g/mol. The van der Waals surface area contributed by atoms with Gasteiger partial charge >= 0.3 is 5.97 Å². The van der Waals surface area contributed by atoms with Crippen LogP contribution >= 0.6 is 11.6 Å². The van der Waals surface area contributed by atoms with Crippen LogP contribution in [-0.4, -0.2) is 11.0 Å². The maximum atomic E-state index is 12.2. The molecule has 126 valence electrons. The highest BCUT2D eigenvalue weighted by molar-refractivity contribution is 6.31. The molecule has 1 aliphatic heterocycles. The van der Waals surface area contributed by atoms with Crippen LogP contribution in [0.1, 0.15) is 34.5 Å². The highest BCUT2D eigenvalue weighted by atomic mass is 35.5. The van der Waals surface area contributed by atoms with Gasteiger partial charge in [0.25, 0.3) is 5.56 Å². The molecule has 0 unspecified atom stereocenters. The van der Waals surface area contributed by atoms with Crippen LogP contribution in [0.3, 0.4) is 0 Å². The van der Waals surface area contributed by atoms with Crippen molar-refractivity contribution in [3.8, 4) is 0 Å². The molecule has 0 saturated heterocycles. The summed E-state index contributed by atoms with van der Waals surface area (Å²) < 4.78 is 5.19. The minimum absolute atomic E-state index is 0.156. The summed E-state index contributed by atoms with van der Waals surface area (Å²) >= 11 is 6.01. The van der Waals surface area contributed by atoms with Gasteiger partial charge in [-0.15, -0.1) is 0 Å². The third-order valence-corrected chi connectivity index (χ3v) is 4.60. The smallest absolute Gasteiger partial charge is 0.339 e. The van der Waals surface area contributed by atoms with E-state index in [2.05, 4.69) is 10.3 Å². The Morgan fingerprint density at radius 1 is 1.16 bits per heavy atom. The van der Waals surface area contributed by atoms with Crippen molar-refractivity contribution in [2.75, 3.05) is 5.32 Å². The molecular weight excluding hydrogens is 340 g/mol. The molecule has 5 nitrogen and oxygen atoms in total. The summed E-state index contributed by atoms with van der Waals surface area (Å²) in [4.78, 5) is 26.9. The molecule has 0 aliphatic carbocycles. The van der Waals surface area contributed by atoms with Crippen molar-refractivity contribution in [1.82, 2.24) is 4.98 Å². The van der Waals surface area contributed by atoms with Crippen molar-refractivity contribution in [2.24, 2.45) is 0 Å². The molecule has 0 saturated carbocycles. The number of halogens is 1. The highest BCUT2D eigenvalue weighted by Gasteiger charge is 2.27. The summed E-state index contributed by atoms with van der Waals surface area (Å²) in [5.74, 6) is -0.315. The van der Waals surface area contributed by atoms with Gasteiger partial charge < -0.3 is 15.0 Å². The van der Waals surface area contributed by atoms with E-state index in [1.54, 1.807) is 18.2 Å². The van der Waals surface area contributed by atoms with E-state index in [0.29, 0.717) is 22.7 Å². The molecule has 1 aliphatic rings. The molecule has 2 heterocycles. The molecular formula is C19H15ClN2O3. The van der Waals surface area contributed by atoms with Crippen LogP contribution in [-0.2, 0) is 11.3 Å². The van der Waals surface area contributed by atoms with Crippen LogP contribution in [0.5, 0.6) is 0 Å². The van der Waals surface area contributed by atoms with E-state index < -0.39 is 0 Å². The van der Waals surface area contributed by atoms with Gasteiger partial charge in [-0.05, 0) is 43.3 Å². The van der Waals surface area contributed by atoms with E-state index in [1.807, 2.05) is 31.2 Å². The fourth-order valence-corrected chi connectivity index (χ4v) is 3.22. The van der Waals surface area contributed by atoms with Crippen molar-refractivity contribution >= 4 is 34.2 Å². The molecule has 6 heteroatoms. The van der Waals surface area contributed by atoms with Crippen LogP contribution in [0.25, 0.3) is 10.9 Å². The summed E-state index contributed by atoms with van der Waals surface area (Å²) in [7, 11) is 0. The molecule has 0 amide bonds. The van der Waals surface area contributed by atoms with E-state index in [-0.39, 0.29) is 17.6 Å². The van der Waals surface area contributed by atoms with E-state index in [9.17, 15) is 9.59 Å². The number of nitrogens with one attached hydrogen (secondary N) is 2. The van der Waals surface area contributed by atoms with Gasteiger partial charge in [-0.2, -0.15) is 0 Å². The quantitative estimate of drug-likeness (QED) is 0.697. The van der Waals surface area contributed by atoms with Gasteiger partial charge in [0, 0.05) is 39.3 Å². The minimum atomic E-state index is -0.315. The number of aromatic amines is 1. The number of rotatable bonds is 3. The fourth-order valence-electron chi connectivity index (χ4n) is 3.04. The van der Waals surface area contributed by atoms with Gasteiger partial charge in [0.2, 0.25) is 0 Å². The Morgan fingerprint density at radius 3 is 2.84 bits per heavy atom. The van der Waals surface area contributed by atoms with Gasteiger partial charge in [0.1, 0.15) is 6.10 Å². The molecule has 4 rings (SSSR count). The number of carbonyl (C=O) groups is 1. The number of esters is 1. The topological polar surface area (TPSA) is 71.2 Å². The SMILES string of the molecule is C[C@H]1OC(=O)c2cc(NCc3cc4cc(Cl)ccc4[nH]c3=O)ccc21. The predicted octanol–water partition coefficient (Wildman–Crippen LogP) is 4.03. The molecule has 1 atom stereocenters. The predicted molar refractivity (Wildman–Crippen MR) is 97.2 cm³/mol. The summed E-state index contributed by atoms with van der Waals surface area (Å²) in [6.45, 7) is 2.18. The maximum absolute atomic E-state index is 12.2. The third-order valence-electron chi connectivity index (χ3n) is 4.36. The molecule has 25 heavy (non-hydrogen) atoms. The van der Waals surface area contributed by atoms with Gasteiger partial charge in [0.05, 0.1) is 5.56 Å². The number of hydrogen-bond donors (Lipinski definition) is 2. The average Bonchev–Trinajstić information content (AvgIpc) is 2.87. The third kappa shape index (κ3) is 2.87. The first-order valence-corrected chi connectivity index (χ1v) is 8.29. The molecule has 3 aromatic rings. The largest absolute Gasteiger partial charge is 0.454 e. The average molecular weight is 355 g/mol. The van der Waals surface area contributed by atoms with Crippen molar-refractivity contribution < 1.29 is 9.53 Å². The Balaban J connectivity index is 1.60. The van der Waals surface area contributed by atoms with Crippen LogP contribution in [0.15, 0.2) is 47.3 Å². The zero-order valence-corrected chi connectivity index (χ0v) is 14.2. The van der Waals surface area contributed by atoms with Crippen molar-refractivity contribution in [3.05, 3.63) is 74.5 Å². The fraction of sp³-hybridized carbons (Fsp3) is 0.158. The Kier molecular flexibility index (Phi) is 3.73. The lowest BCUT2D eigenvalue weighted by Gasteiger charge is -2.09. The first-order valence-electron chi connectivity index (χ1n) is 7.91. The maximum Gasteiger partial charge on any atom is 0.339 e. The lowest BCUT2D eigenvalue weighted by atomic mass is 10.1. The van der Waals surface area contributed by atoms with Crippen molar-refractivity contribution in [3.63, 3.8) is 0 Å². The summed E-state index contributed by atoms with van der Waals surface area (Å²) in [5.41, 5.74) is 3.39. The summed E-state index contributed by atoms with van der Waals surface area (Å²) in [5, 5.41) is 4.67. The number of aromatic nitrogens is 1. The molecule has 1 aromatic heterocycles.